The van der Waals surface area contributed by atoms with Gasteiger partial charge in [-0.05, 0) is 31.1 Å². The maximum Gasteiger partial charge on any atom is 0.141 e. The molecule has 82 valence electrons. The first kappa shape index (κ1) is 11.7. The zero-order valence-electron chi connectivity index (χ0n) is 10.3. The monoisotopic (exact) mass is 196 g/mol. The molecule has 0 aromatic rings. The molecule has 0 amide bonds. The molecule has 1 heteroatoms. The summed E-state index contributed by atoms with van der Waals surface area (Å²) in [6, 6.07) is 0. The fourth-order valence-corrected chi connectivity index (χ4v) is 2.40. The maximum absolute atomic E-state index is 12.1. The van der Waals surface area contributed by atoms with Gasteiger partial charge in [0, 0.05) is 11.3 Å². The highest BCUT2D eigenvalue weighted by Gasteiger charge is 2.34. The summed E-state index contributed by atoms with van der Waals surface area (Å²) >= 11 is 0. The lowest BCUT2D eigenvalue weighted by molar-refractivity contribution is -0.132. The summed E-state index contributed by atoms with van der Waals surface area (Å²) < 4.78 is 0. The fraction of sp³-hybridized carbons (Fsp3) is 0.923. The predicted molar refractivity (Wildman–Crippen MR) is 60.1 cm³/mol. The van der Waals surface area contributed by atoms with Gasteiger partial charge in [0.2, 0.25) is 0 Å². The lowest BCUT2D eigenvalue weighted by Crippen LogP contribution is -2.33. The highest BCUT2D eigenvalue weighted by molar-refractivity contribution is 5.86. The van der Waals surface area contributed by atoms with Crippen molar-refractivity contribution < 1.29 is 4.79 Å². The van der Waals surface area contributed by atoms with Crippen LogP contribution in [0.25, 0.3) is 0 Å². The fourth-order valence-electron chi connectivity index (χ4n) is 2.40. The third-order valence-corrected chi connectivity index (χ3v) is 3.71. The molecule has 0 radical (unpaired) electrons. The van der Waals surface area contributed by atoms with Crippen LogP contribution in [0.3, 0.4) is 0 Å². The number of rotatable bonds is 1. The van der Waals surface area contributed by atoms with Crippen molar-refractivity contribution in [1.82, 2.24) is 0 Å². The molecule has 1 saturated carbocycles. The molecule has 0 saturated heterocycles. The van der Waals surface area contributed by atoms with Gasteiger partial charge in [-0.1, -0.05) is 34.6 Å². The van der Waals surface area contributed by atoms with Gasteiger partial charge in [0.05, 0.1) is 0 Å². The molecule has 0 aromatic heterocycles. The van der Waals surface area contributed by atoms with Crippen LogP contribution in [-0.4, -0.2) is 5.78 Å². The van der Waals surface area contributed by atoms with Gasteiger partial charge in [-0.3, -0.25) is 4.79 Å². The summed E-state index contributed by atoms with van der Waals surface area (Å²) in [7, 11) is 0. The van der Waals surface area contributed by atoms with E-state index in [1.165, 1.54) is 6.42 Å². The van der Waals surface area contributed by atoms with Crippen molar-refractivity contribution in [3.63, 3.8) is 0 Å². The van der Waals surface area contributed by atoms with E-state index < -0.39 is 0 Å². The van der Waals surface area contributed by atoms with Crippen LogP contribution in [0.1, 0.15) is 53.9 Å². The molecule has 14 heavy (non-hydrogen) atoms. The van der Waals surface area contributed by atoms with Crippen molar-refractivity contribution in [2.45, 2.75) is 53.9 Å². The molecule has 3 unspecified atom stereocenters. The number of Topliss-reactive ketones (excluding diaryl/α,β-unsaturated/α-hetero) is 1. The SMILES string of the molecule is CC1CCC(C(=O)C(C)(C)C)CC1C. The van der Waals surface area contributed by atoms with E-state index >= 15 is 0 Å². The minimum atomic E-state index is -0.148. The third kappa shape index (κ3) is 2.59. The molecule has 0 bridgehead atoms. The lowest BCUT2D eigenvalue weighted by Gasteiger charge is -2.34. The van der Waals surface area contributed by atoms with Crippen LogP contribution >= 0.6 is 0 Å². The first-order valence-corrected chi connectivity index (χ1v) is 5.86. The summed E-state index contributed by atoms with van der Waals surface area (Å²) in [6.45, 7) is 10.7. The van der Waals surface area contributed by atoms with Gasteiger partial charge in [-0.25, -0.2) is 0 Å². The zero-order chi connectivity index (χ0) is 10.9. The van der Waals surface area contributed by atoms with E-state index in [0.29, 0.717) is 11.7 Å². The summed E-state index contributed by atoms with van der Waals surface area (Å²) in [5, 5.41) is 0. The van der Waals surface area contributed by atoms with Gasteiger partial charge in [0.15, 0.2) is 0 Å². The predicted octanol–water partition coefficient (Wildman–Crippen LogP) is 3.67. The first-order valence-electron chi connectivity index (χ1n) is 5.86. The van der Waals surface area contributed by atoms with E-state index in [9.17, 15) is 4.79 Å². The summed E-state index contributed by atoms with van der Waals surface area (Å²) in [6.07, 6.45) is 3.45. The van der Waals surface area contributed by atoms with Gasteiger partial charge in [0.1, 0.15) is 5.78 Å². The Hall–Kier alpha value is -0.330. The van der Waals surface area contributed by atoms with Crippen molar-refractivity contribution in [2.24, 2.45) is 23.2 Å². The molecule has 1 aliphatic rings. The van der Waals surface area contributed by atoms with Crippen molar-refractivity contribution in [2.75, 3.05) is 0 Å². The minimum absolute atomic E-state index is 0.148. The van der Waals surface area contributed by atoms with E-state index in [1.807, 2.05) is 20.8 Å². The Labute approximate surface area is 88.3 Å². The number of hydrogen-bond donors (Lipinski definition) is 0. The van der Waals surface area contributed by atoms with Crippen LogP contribution in [0, 0.1) is 23.2 Å². The third-order valence-electron chi connectivity index (χ3n) is 3.71. The molecule has 3 atom stereocenters. The Morgan fingerprint density at radius 3 is 2.07 bits per heavy atom. The zero-order valence-corrected chi connectivity index (χ0v) is 10.3. The molecule has 1 rings (SSSR count). The van der Waals surface area contributed by atoms with Crippen molar-refractivity contribution in [1.29, 1.82) is 0 Å². The Balaban J connectivity index is 2.59. The molecule has 1 fully saturated rings. The van der Waals surface area contributed by atoms with E-state index in [4.69, 9.17) is 0 Å². The van der Waals surface area contributed by atoms with Crippen LogP contribution in [0.2, 0.25) is 0 Å². The van der Waals surface area contributed by atoms with E-state index in [0.717, 1.165) is 24.7 Å². The second kappa shape index (κ2) is 4.04. The second-order valence-corrected chi connectivity index (χ2v) is 6.08. The Bertz CT molecular complexity index is 212. The molecule has 0 heterocycles. The van der Waals surface area contributed by atoms with E-state index in [2.05, 4.69) is 13.8 Å². The summed E-state index contributed by atoms with van der Waals surface area (Å²) in [5.74, 6) is 2.33. The summed E-state index contributed by atoms with van der Waals surface area (Å²) in [4.78, 5) is 12.1. The highest BCUT2D eigenvalue weighted by atomic mass is 16.1. The smallest absolute Gasteiger partial charge is 0.141 e. The standard InChI is InChI=1S/C13H24O/c1-9-6-7-11(8-10(9)2)12(14)13(3,4)5/h9-11H,6-8H2,1-5H3. The molecule has 1 nitrogen and oxygen atoms in total. The van der Waals surface area contributed by atoms with Gasteiger partial charge in [-0.2, -0.15) is 0 Å². The number of ketones is 1. The van der Waals surface area contributed by atoms with Crippen molar-refractivity contribution >= 4 is 5.78 Å². The Kier molecular flexibility index (Phi) is 3.39. The average Bonchev–Trinajstić information content (AvgIpc) is 2.07. The molecular formula is C13H24O. The topological polar surface area (TPSA) is 17.1 Å². The normalized spacial score (nSPS) is 34.2. The Morgan fingerprint density at radius 1 is 1.07 bits per heavy atom. The number of carbonyl (C=O) groups is 1. The highest BCUT2D eigenvalue weighted by Crippen LogP contribution is 2.36. The van der Waals surface area contributed by atoms with Crippen LogP contribution in [-0.2, 0) is 4.79 Å². The minimum Gasteiger partial charge on any atom is -0.299 e. The van der Waals surface area contributed by atoms with Crippen molar-refractivity contribution in [3.8, 4) is 0 Å². The molecule has 0 N–H and O–H groups in total. The van der Waals surface area contributed by atoms with Crippen LogP contribution < -0.4 is 0 Å². The molecule has 0 aliphatic heterocycles. The van der Waals surface area contributed by atoms with Crippen LogP contribution in [0.4, 0.5) is 0 Å². The second-order valence-electron chi connectivity index (χ2n) is 6.08. The maximum atomic E-state index is 12.1. The molecular weight excluding hydrogens is 172 g/mol. The first-order chi connectivity index (χ1) is 6.32. The largest absolute Gasteiger partial charge is 0.299 e. The average molecular weight is 196 g/mol. The summed E-state index contributed by atoms with van der Waals surface area (Å²) in [5.41, 5.74) is -0.148. The van der Waals surface area contributed by atoms with Crippen molar-refractivity contribution in [3.05, 3.63) is 0 Å². The van der Waals surface area contributed by atoms with Gasteiger partial charge in [0.25, 0.3) is 0 Å². The molecule has 0 spiro atoms. The molecule has 1 aliphatic carbocycles. The van der Waals surface area contributed by atoms with Gasteiger partial charge >= 0.3 is 0 Å². The van der Waals surface area contributed by atoms with Crippen LogP contribution in [0.5, 0.6) is 0 Å². The van der Waals surface area contributed by atoms with Gasteiger partial charge < -0.3 is 0 Å². The number of carbonyl (C=O) groups excluding carboxylic acids is 1. The number of hydrogen-bond acceptors (Lipinski definition) is 1. The lowest BCUT2D eigenvalue weighted by atomic mass is 9.70. The quantitative estimate of drug-likeness (QED) is 0.625. The van der Waals surface area contributed by atoms with Gasteiger partial charge in [-0.15, -0.1) is 0 Å². The van der Waals surface area contributed by atoms with E-state index in [1.54, 1.807) is 0 Å². The van der Waals surface area contributed by atoms with E-state index in [-0.39, 0.29) is 5.41 Å². The van der Waals surface area contributed by atoms with Crippen LogP contribution in [0.15, 0.2) is 0 Å². The Morgan fingerprint density at radius 2 is 1.64 bits per heavy atom. The molecule has 0 aromatic carbocycles.